The molecule has 0 unspecified atom stereocenters. The highest BCUT2D eigenvalue weighted by atomic mass is 16.2. The number of carbonyl (C=O) groups excluding carboxylic acids is 2. The second-order valence-corrected chi connectivity index (χ2v) is 7.76. The van der Waals surface area contributed by atoms with Gasteiger partial charge in [-0.3, -0.25) is 14.5 Å². The predicted molar refractivity (Wildman–Crippen MR) is 110 cm³/mol. The average molecular weight is 377 g/mol. The molecule has 2 fully saturated rings. The van der Waals surface area contributed by atoms with Gasteiger partial charge in [-0.2, -0.15) is 0 Å². The number of nitrogens with zero attached hydrogens (tertiary/aromatic N) is 1. The molecule has 1 aliphatic heterocycles. The van der Waals surface area contributed by atoms with E-state index >= 15 is 0 Å². The molecule has 2 aromatic carbocycles. The van der Waals surface area contributed by atoms with Gasteiger partial charge in [0.05, 0.1) is 0 Å². The minimum Gasteiger partial charge on any atom is -0.352 e. The van der Waals surface area contributed by atoms with Crippen LogP contribution in [0.4, 0.5) is 5.69 Å². The van der Waals surface area contributed by atoms with Crippen molar-refractivity contribution in [2.75, 3.05) is 18.4 Å². The molecule has 2 N–H and O–H groups in total. The van der Waals surface area contributed by atoms with Crippen molar-refractivity contribution in [2.45, 2.75) is 37.8 Å². The minimum absolute atomic E-state index is 0.0145. The summed E-state index contributed by atoms with van der Waals surface area (Å²) in [4.78, 5) is 27.7. The van der Waals surface area contributed by atoms with Gasteiger partial charge in [0, 0.05) is 17.6 Å². The molecule has 2 aliphatic rings. The number of amides is 2. The van der Waals surface area contributed by atoms with Gasteiger partial charge in [0.25, 0.3) is 0 Å². The predicted octanol–water partition coefficient (Wildman–Crippen LogP) is 3.36. The van der Waals surface area contributed by atoms with Crippen LogP contribution in [0.1, 0.15) is 37.3 Å². The first-order valence-electron chi connectivity index (χ1n) is 10.2. The molecule has 4 rings (SSSR count). The van der Waals surface area contributed by atoms with Crippen LogP contribution in [0.5, 0.6) is 0 Å². The van der Waals surface area contributed by atoms with Crippen molar-refractivity contribution in [3.63, 3.8) is 0 Å². The first kappa shape index (κ1) is 18.7. The van der Waals surface area contributed by atoms with Gasteiger partial charge >= 0.3 is 0 Å². The summed E-state index contributed by atoms with van der Waals surface area (Å²) < 4.78 is 0. The van der Waals surface area contributed by atoms with E-state index in [-0.39, 0.29) is 23.8 Å². The first-order chi connectivity index (χ1) is 13.7. The molecule has 1 heterocycles. The van der Waals surface area contributed by atoms with E-state index in [2.05, 4.69) is 15.5 Å². The molecule has 0 spiro atoms. The zero-order chi connectivity index (χ0) is 19.3. The van der Waals surface area contributed by atoms with Gasteiger partial charge in [-0.15, -0.1) is 0 Å². The zero-order valence-corrected chi connectivity index (χ0v) is 16.0. The fourth-order valence-electron chi connectivity index (χ4n) is 3.86. The number of anilines is 1. The highest BCUT2D eigenvalue weighted by Crippen LogP contribution is 2.29. The van der Waals surface area contributed by atoms with Gasteiger partial charge < -0.3 is 10.6 Å². The van der Waals surface area contributed by atoms with E-state index in [9.17, 15) is 9.59 Å². The number of nitrogens with one attached hydrogen (secondary N) is 2. The molecular formula is C23H27N3O2. The summed E-state index contributed by atoms with van der Waals surface area (Å²) in [5.41, 5.74) is 1.86. The highest BCUT2D eigenvalue weighted by Gasteiger charge is 2.35. The fraction of sp³-hybridized carbons (Fsp3) is 0.391. The van der Waals surface area contributed by atoms with Crippen LogP contribution in [0.15, 0.2) is 60.7 Å². The number of rotatable bonds is 6. The quantitative estimate of drug-likeness (QED) is 0.811. The van der Waals surface area contributed by atoms with Crippen LogP contribution < -0.4 is 10.6 Å². The number of para-hydroxylation sites is 1. The first-order valence-corrected chi connectivity index (χ1v) is 10.2. The van der Waals surface area contributed by atoms with Gasteiger partial charge in [0.1, 0.15) is 6.04 Å². The molecule has 0 radical (unpaired) electrons. The largest absolute Gasteiger partial charge is 0.352 e. The molecule has 28 heavy (non-hydrogen) atoms. The number of piperidine rings is 1. The van der Waals surface area contributed by atoms with E-state index < -0.39 is 0 Å². The Balaban J connectivity index is 1.39. The Morgan fingerprint density at radius 3 is 2.07 bits per heavy atom. The van der Waals surface area contributed by atoms with Crippen LogP contribution in [0.3, 0.4) is 0 Å². The smallest absolute Gasteiger partial charge is 0.242 e. The number of hydrogen-bond acceptors (Lipinski definition) is 3. The standard InChI is InChI=1S/C23H27N3O2/c27-22(24-19-9-5-2-6-10-19)18-13-15-26(16-14-18)21(17-7-3-1-4-8-17)23(28)25-20-11-12-20/h1-10,18,20-21H,11-16H2,(H,24,27)(H,25,28)/t21-/m1/s1. The lowest BCUT2D eigenvalue weighted by molar-refractivity contribution is -0.128. The van der Waals surface area contributed by atoms with Crippen molar-refractivity contribution in [1.29, 1.82) is 0 Å². The molecule has 2 amide bonds. The Morgan fingerprint density at radius 2 is 1.46 bits per heavy atom. The highest BCUT2D eigenvalue weighted by molar-refractivity contribution is 5.92. The van der Waals surface area contributed by atoms with E-state index in [1.165, 1.54) is 0 Å². The number of carbonyl (C=O) groups is 2. The second kappa shape index (κ2) is 8.57. The Labute approximate surface area is 166 Å². The molecule has 146 valence electrons. The topological polar surface area (TPSA) is 61.4 Å². The summed E-state index contributed by atoms with van der Waals surface area (Å²) >= 11 is 0. The van der Waals surface area contributed by atoms with Crippen molar-refractivity contribution >= 4 is 17.5 Å². The van der Waals surface area contributed by atoms with Crippen LogP contribution in [0, 0.1) is 5.92 Å². The van der Waals surface area contributed by atoms with Crippen LogP contribution in [-0.2, 0) is 9.59 Å². The summed E-state index contributed by atoms with van der Waals surface area (Å²) in [7, 11) is 0. The lowest BCUT2D eigenvalue weighted by Gasteiger charge is -2.36. The molecule has 1 aliphatic carbocycles. The maximum atomic E-state index is 12.9. The van der Waals surface area contributed by atoms with Crippen molar-refractivity contribution in [3.8, 4) is 0 Å². The normalized spacial score (nSPS) is 19.0. The maximum absolute atomic E-state index is 12.9. The van der Waals surface area contributed by atoms with Crippen molar-refractivity contribution in [3.05, 3.63) is 66.2 Å². The summed E-state index contributed by atoms with van der Waals surface area (Å²) in [6.07, 6.45) is 3.68. The lowest BCUT2D eigenvalue weighted by atomic mass is 9.93. The van der Waals surface area contributed by atoms with Crippen molar-refractivity contribution in [2.24, 2.45) is 5.92 Å². The molecule has 0 bridgehead atoms. The molecule has 5 heteroatoms. The summed E-state index contributed by atoms with van der Waals surface area (Å²) in [6.45, 7) is 1.48. The third kappa shape index (κ3) is 4.60. The molecule has 0 aromatic heterocycles. The van der Waals surface area contributed by atoms with Crippen LogP contribution in [0.25, 0.3) is 0 Å². The molecule has 1 saturated carbocycles. The molecule has 1 saturated heterocycles. The van der Waals surface area contributed by atoms with Crippen molar-refractivity contribution in [1.82, 2.24) is 10.2 Å². The average Bonchev–Trinajstić information content (AvgIpc) is 3.54. The van der Waals surface area contributed by atoms with E-state index in [4.69, 9.17) is 0 Å². The molecule has 1 atom stereocenters. The maximum Gasteiger partial charge on any atom is 0.242 e. The third-order valence-corrected chi connectivity index (χ3v) is 5.59. The zero-order valence-electron chi connectivity index (χ0n) is 16.0. The molecular weight excluding hydrogens is 350 g/mol. The lowest BCUT2D eigenvalue weighted by Crippen LogP contribution is -2.46. The fourth-order valence-corrected chi connectivity index (χ4v) is 3.86. The monoisotopic (exact) mass is 377 g/mol. The minimum atomic E-state index is -0.278. The Morgan fingerprint density at radius 1 is 0.857 bits per heavy atom. The number of likely N-dealkylation sites (tertiary alicyclic amines) is 1. The van der Waals surface area contributed by atoms with Crippen LogP contribution in [-0.4, -0.2) is 35.8 Å². The van der Waals surface area contributed by atoms with Gasteiger partial charge in [-0.25, -0.2) is 0 Å². The third-order valence-electron chi connectivity index (χ3n) is 5.59. The SMILES string of the molecule is O=C(Nc1ccccc1)C1CCN([C@@H](C(=O)NC2CC2)c2ccccc2)CC1. The van der Waals surface area contributed by atoms with Crippen molar-refractivity contribution < 1.29 is 9.59 Å². The van der Waals surface area contributed by atoms with E-state index in [0.717, 1.165) is 50.0 Å². The van der Waals surface area contributed by atoms with Gasteiger partial charge in [-0.1, -0.05) is 48.5 Å². The van der Waals surface area contributed by atoms with Gasteiger partial charge in [-0.05, 0) is 56.5 Å². The Bertz CT molecular complexity index is 797. The van der Waals surface area contributed by atoms with Crippen LogP contribution in [0.2, 0.25) is 0 Å². The number of hydrogen-bond donors (Lipinski definition) is 2. The summed E-state index contributed by atoms with van der Waals surface area (Å²) in [5.74, 6) is 0.143. The number of benzene rings is 2. The van der Waals surface area contributed by atoms with E-state index in [1.54, 1.807) is 0 Å². The van der Waals surface area contributed by atoms with E-state index in [0.29, 0.717) is 6.04 Å². The van der Waals surface area contributed by atoms with E-state index in [1.807, 2.05) is 60.7 Å². The van der Waals surface area contributed by atoms with Crippen LogP contribution >= 0.6 is 0 Å². The molecule has 5 nitrogen and oxygen atoms in total. The second-order valence-electron chi connectivity index (χ2n) is 7.76. The van der Waals surface area contributed by atoms with Gasteiger partial charge in [0.15, 0.2) is 0 Å². The van der Waals surface area contributed by atoms with Gasteiger partial charge in [0.2, 0.25) is 11.8 Å². The summed E-state index contributed by atoms with van der Waals surface area (Å²) in [5, 5.41) is 6.16. The summed E-state index contributed by atoms with van der Waals surface area (Å²) in [6, 6.07) is 19.6. The Hall–Kier alpha value is -2.66. The Kier molecular flexibility index (Phi) is 5.72. The molecule has 2 aromatic rings.